The van der Waals surface area contributed by atoms with Gasteiger partial charge in [-0.15, -0.1) is 0 Å². The molecule has 0 aliphatic carbocycles. The predicted molar refractivity (Wildman–Crippen MR) is 57.9 cm³/mol. The largest absolute Gasteiger partial charge is 0.414 e. The molecule has 0 saturated carbocycles. The molecule has 0 spiro atoms. The number of oxime groups is 1. The molecule has 0 aromatic carbocycles. The average molecular weight is 256 g/mol. The van der Waals surface area contributed by atoms with E-state index in [1.54, 1.807) is 13.8 Å². The van der Waals surface area contributed by atoms with Crippen molar-refractivity contribution in [3.05, 3.63) is 0 Å². The summed E-state index contributed by atoms with van der Waals surface area (Å²) in [6.07, 6.45) is -5.22. The Kier molecular flexibility index (Phi) is 5.74. The number of rotatable bonds is 6. The second-order valence-corrected chi connectivity index (χ2v) is 4.53. The van der Waals surface area contributed by atoms with Gasteiger partial charge in [-0.3, -0.25) is 0 Å². The first-order valence-electron chi connectivity index (χ1n) is 5.27. The quantitative estimate of drug-likeness (QED) is 0.252. The molecule has 7 heteroatoms. The summed E-state index contributed by atoms with van der Waals surface area (Å²) in [6.45, 7) is 4.45. The molecule has 0 aromatic rings. The first-order chi connectivity index (χ1) is 7.61. The second kappa shape index (κ2) is 6.09. The maximum Gasteiger partial charge on any atom is 0.414 e. The molecule has 0 rings (SSSR count). The van der Waals surface area contributed by atoms with Gasteiger partial charge in [-0.05, 0) is 19.8 Å². The van der Waals surface area contributed by atoms with Crippen molar-refractivity contribution in [1.29, 1.82) is 0 Å². The molecule has 17 heavy (non-hydrogen) atoms. The van der Waals surface area contributed by atoms with Gasteiger partial charge in [-0.2, -0.15) is 13.2 Å². The molecule has 0 heterocycles. The summed E-state index contributed by atoms with van der Waals surface area (Å²) in [6, 6.07) is 0. The van der Waals surface area contributed by atoms with Crippen LogP contribution >= 0.6 is 0 Å². The molecule has 0 bridgehead atoms. The van der Waals surface area contributed by atoms with E-state index in [1.165, 1.54) is 0 Å². The third-order valence-electron chi connectivity index (χ3n) is 2.58. The van der Waals surface area contributed by atoms with Crippen LogP contribution in [-0.2, 0) is 4.74 Å². The maximum atomic E-state index is 12.1. The van der Waals surface area contributed by atoms with Crippen molar-refractivity contribution < 1.29 is 23.1 Å². The molecule has 3 N–H and O–H groups in total. The Bertz CT molecular complexity index is 265. The summed E-state index contributed by atoms with van der Waals surface area (Å²) in [5, 5.41) is 11.4. The lowest BCUT2D eigenvalue weighted by atomic mass is 9.87. The van der Waals surface area contributed by atoms with Gasteiger partial charge in [-0.25, -0.2) is 0 Å². The number of amidine groups is 1. The van der Waals surface area contributed by atoms with Crippen LogP contribution in [0, 0.1) is 5.41 Å². The number of ether oxygens (including phenoxy) is 1. The SMILES string of the molecule is CC(OCCCC(C)(C)C(N)=NO)C(F)(F)F. The van der Waals surface area contributed by atoms with E-state index >= 15 is 0 Å². The third kappa shape index (κ3) is 5.76. The summed E-state index contributed by atoms with van der Waals surface area (Å²) in [5.74, 6) is 0.0568. The highest BCUT2D eigenvalue weighted by molar-refractivity contribution is 5.85. The standard InChI is InChI=1S/C10H19F3N2O2/c1-7(10(11,12)13)17-6-4-5-9(2,3)8(14)15-16/h7,16H,4-6H2,1-3H3,(H2,14,15). The van der Waals surface area contributed by atoms with Crippen LogP contribution in [0.15, 0.2) is 5.16 Å². The molecule has 0 amide bonds. The van der Waals surface area contributed by atoms with Gasteiger partial charge in [0.05, 0.1) is 0 Å². The van der Waals surface area contributed by atoms with Gasteiger partial charge < -0.3 is 15.7 Å². The monoisotopic (exact) mass is 256 g/mol. The summed E-state index contributed by atoms with van der Waals surface area (Å²) >= 11 is 0. The second-order valence-electron chi connectivity index (χ2n) is 4.53. The smallest absolute Gasteiger partial charge is 0.409 e. The zero-order valence-electron chi connectivity index (χ0n) is 10.2. The van der Waals surface area contributed by atoms with E-state index in [1.807, 2.05) is 0 Å². The highest BCUT2D eigenvalue weighted by Gasteiger charge is 2.36. The highest BCUT2D eigenvalue weighted by atomic mass is 19.4. The Balaban J connectivity index is 3.94. The van der Waals surface area contributed by atoms with Crippen LogP contribution in [-0.4, -0.2) is 29.9 Å². The van der Waals surface area contributed by atoms with Crippen molar-refractivity contribution in [3.8, 4) is 0 Å². The van der Waals surface area contributed by atoms with Crippen molar-refractivity contribution >= 4 is 5.84 Å². The lowest BCUT2D eigenvalue weighted by Gasteiger charge is -2.23. The first-order valence-corrected chi connectivity index (χ1v) is 5.27. The number of alkyl halides is 3. The van der Waals surface area contributed by atoms with Gasteiger partial charge in [0, 0.05) is 12.0 Å². The van der Waals surface area contributed by atoms with Crippen LogP contribution in [0.1, 0.15) is 33.6 Å². The number of nitrogens with zero attached hydrogens (tertiary/aromatic N) is 1. The van der Waals surface area contributed by atoms with Gasteiger partial charge in [0.2, 0.25) is 0 Å². The summed E-state index contributed by atoms with van der Waals surface area (Å²) < 4.78 is 40.9. The Morgan fingerprint density at radius 3 is 2.35 bits per heavy atom. The van der Waals surface area contributed by atoms with Crippen molar-refractivity contribution in [2.75, 3.05) is 6.61 Å². The minimum atomic E-state index is -4.33. The fourth-order valence-electron chi connectivity index (χ4n) is 1.13. The fourth-order valence-corrected chi connectivity index (χ4v) is 1.13. The van der Waals surface area contributed by atoms with E-state index < -0.39 is 17.7 Å². The Morgan fingerprint density at radius 2 is 1.94 bits per heavy atom. The number of nitrogens with two attached hydrogens (primary N) is 1. The van der Waals surface area contributed by atoms with Crippen molar-refractivity contribution in [1.82, 2.24) is 0 Å². The van der Waals surface area contributed by atoms with Gasteiger partial charge in [0.25, 0.3) is 0 Å². The molecule has 1 atom stereocenters. The van der Waals surface area contributed by atoms with Crippen LogP contribution in [0.3, 0.4) is 0 Å². The Morgan fingerprint density at radius 1 is 1.41 bits per heavy atom. The van der Waals surface area contributed by atoms with E-state index in [2.05, 4.69) is 9.89 Å². The summed E-state index contributed by atoms with van der Waals surface area (Å²) in [5.41, 5.74) is 4.89. The first kappa shape index (κ1) is 16.0. The van der Waals surface area contributed by atoms with Gasteiger partial charge >= 0.3 is 6.18 Å². The zero-order valence-corrected chi connectivity index (χ0v) is 10.2. The van der Waals surface area contributed by atoms with E-state index in [4.69, 9.17) is 10.9 Å². The van der Waals surface area contributed by atoms with Crippen molar-refractivity contribution in [3.63, 3.8) is 0 Å². The molecular weight excluding hydrogens is 237 g/mol. The molecule has 0 aromatic heterocycles. The van der Waals surface area contributed by atoms with Crippen LogP contribution in [0.4, 0.5) is 13.2 Å². The molecule has 0 aliphatic rings. The van der Waals surface area contributed by atoms with Crippen LogP contribution in [0.5, 0.6) is 0 Å². The van der Waals surface area contributed by atoms with Gasteiger partial charge in [0.1, 0.15) is 5.84 Å². The number of hydrogen-bond donors (Lipinski definition) is 2. The molecule has 0 radical (unpaired) electrons. The van der Waals surface area contributed by atoms with E-state index in [0.29, 0.717) is 12.8 Å². The van der Waals surface area contributed by atoms with E-state index in [9.17, 15) is 13.2 Å². The Hall–Kier alpha value is -0.980. The zero-order chi connectivity index (χ0) is 13.7. The van der Waals surface area contributed by atoms with Crippen molar-refractivity contribution in [2.45, 2.75) is 45.9 Å². The number of halogens is 3. The summed E-state index contributed by atoms with van der Waals surface area (Å²) in [7, 11) is 0. The molecular formula is C10H19F3N2O2. The predicted octanol–water partition coefficient (Wildman–Crippen LogP) is 2.51. The van der Waals surface area contributed by atoms with Crippen LogP contribution in [0.2, 0.25) is 0 Å². The van der Waals surface area contributed by atoms with E-state index in [-0.39, 0.29) is 12.4 Å². The van der Waals surface area contributed by atoms with E-state index in [0.717, 1.165) is 6.92 Å². The van der Waals surface area contributed by atoms with Gasteiger partial charge in [-0.1, -0.05) is 19.0 Å². The van der Waals surface area contributed by atoms with Gasteiger partial charge in [0.15, 0.2) is 6.10 Å². The number of hydrogen-bond acceptors (Lipinski definition) is 3. The summed E-state index contributed by atoms with van der Waals surface area (Å²) in [4.78, 5) is 0. The highest BCUT2D eigenvalue weighted by Crippen LogP contribution is 2.25. The minimum Gasteiger partial charge on any atom is -0.409 e. The fraction of sp³-hybridized carbons (Fsp3) is 0.900. The van der Waals surface area contributed by atoms with Crippen molar-refractivity contribution in [2.24, 2.45) is 16.3 Å². The molecule has 4 nitrogen and oxygen atoms in total. The molecule has 0 fully saturated rings. The molecule has 0 aliphatic heterocycles. The average Bonchev–Trinajstić information content (AvgIpc) is 2.21. The molecule has 0 saturated heterocycles. The lowest BCUT2D eigenvalue weighted by Crippen LogP contribution is -2.33. The van der Waals surface area contributed by atoms with Crippen LogP contribution in [0.25, 0.3) is 0 Å². The maximum absolute atomic E-state index is 12.1. The normalized spacial score (nSPS) is 16.0. The molecule has 102 valence electrons. The minimum absolute atomic E-state index is 0.0111. The Labute approximate surface area is 98.6 Å². The topological polar surface area (TPSA) is 67.8 Å². The lowest BCUT2D eigenvalue weighted by molar-refractivity contribution is -0.214. The van der Waals surface area contributed by atoms with Crippen LogP contribution < -0.4 is 5.73 Å². The third-order valence-corrected chi connectivity index (χ3v) is 2.58. The molecule has 1 unspecified atom stereocenters.